The van der Waals surface area contributed by atoms with E-state index in [9.17, 15) is 19.8 Å². The lowest BCUT2D eigenvalue weighted by Gasteiger charge is -2.11. The highest BCUT2D eigenvalue weighted by molar-refractivity contribution is 7.12. The van der Waals surface area contributed by atoms with Gasteiger partial charge in [-0.1, -0.05) is 36.4 Å². The first-order valence-corrected chi connectivity index (χ1v) is 9.07. The molecule has 0 aliphatic carbocycles. The Hall–Kier alpha value is -3.78. The third-order valence-corrected chi connectivity index (χ3v) is 4.93. The molecule has 0 saturated heterocycles. The van der Waals surface area contributed by atoms with Crippen molar-refractivity contribution in [3.8, 4) is 11.0 Å². The zero-order chi connectivity index (χ0) is 19.7. The number of hydrogen-bond donors (Lipinski definition) is 1. The minimum absolute atomic E-state index is 0.0733. The first-order chi connectivity index (χ1) is 13.6. The molecule has 0 aliphatic rings. The molecule has 0 bridgehead atoms. The van der Waals surface area contributed by atoms with Crippen molar-refractivity contribution in [3.63, 3.8) is 0 Å². The first-order valence-electron chi connectivity index (χ1n) is 8.19. The molecule has 0 fully saturated rings. The molecule has 0 saturated carbocycles. The largest absolute Gasteiger partial charge is 0.545 e. The molecule has 28 heavy (non-hydrogen) atoms. The van der Waals surface area contributed by atoms with E-state index < -0.39 is 11.5 Å². The van der Waals surface area contributed by atoms with Crippen molar-refractivity contribution in [2.75, 3.05) is 0 Å². The Bertz CT molecular complexity index is 1280. The Morgan fingerprint density at radius 2 is 1.86 bits per heavy atom. The van der Waals surface area contributed by atoms with Crippen LogP contribution in [0, 0.1) is 0 Å². The van der Waals surface area contributed by atoms with E-state index >= 15 is 0 Å². The van der Waals surface area contributed by atoms with Gasteiger partial charge in [-0.2, -0.15) is 0 Å². The van der Waals surface area contributed by atoms with Crippen LogP contribution >= 0.6 is 11.3 Å². The predicted molar refractivity (Wildman–Crippen MR) is 105 cm³/mol. The number of rotatable bonds is 4. The maximum atomic E-state index is 12.9. The average Bonchev–Trinajstić information content (AvgIpc) is 3.22. The molecule has 1 N–H and O–H groups in total. The summed E-state index contributed by atoms with van der Waals surface area (Å²) in [5.74, 6) is -1.68. The third-order valence-electron chi connectivity index (χ3n) is 4.17. The van der Waals surface area contributed by atoms with Crippen LogP contribution in [0.5, 0.6) is 5.88 Å². The Morgan fingerprint density at radius 3 is 2.57 bits per heavy atom. The standard InChI is InChI=1S/C20H13N3O4S/c24-17-13-6-2-1-5-12(13)15(18(25)23(17)20-21-9-10-28-20)11-22-16-8-4-3-7-14(16)19(26)27/h1-11,25H,(H,26,27)/p-1. The lowest BCUT2D eigenvalue weighted by Crippen LogP contribution is -2.22. The van der Waals surface area contributed by atoms with E-state index in [1.165, 1.54) is 35.9 Å². The van der Waals surface area contributed by atoms with E-state index in [0.717, 1.165) is 4.57 Å². The molecule has 0 unspecified atom stereocenters. The number of hydrogen-bond acceptors (Lipinski definition) is 7. The van der Waals surface area contributed by atoms with Crippen molar-refractivity contribution in [3.05, 3.63) is 81.6 Å². The van der Waals surface area contributed by atoms with Gasteiger partial charge < -0.3 is 15.0 Å². The number of aromatic hydroxyl groups is 1. The van der Waals surface area contributed by atoms with Gasteiger partial charge in [-0.05, 0) is 12.1 Å². The van der Waals surface area contributed by atoms with E-state index in [2.05, 4.69) is 9.98 Å². The molecule has 2 heterocycles. The molecule has 7 nitrogen and oxygen atoms in total. The number of aliphatic imine (C=N–C) groups is 1. The summed E-state index contributed by atoms with van der Waals surface area (Å²) in [6, 6.07) is 12.9. The van der Waals surface area contributed by atoms with Crippen LogP contribution < -0.4 is 10.7 Å². The van der Waals surface area contributed by atoms with Crippen LogP contribution in [0.2, 0.25) is 0 Å². The van der Waals surface area contributed by atoms with Crippen molar-refractivity contribution < 1.29 is 15.0 Å². The maximum absolute atomic E-state index is 12.9. The Balaban J connectivity index is 1.98. The minimum atomic E-state index is -1.35. The quantitative estimate of drug-likeness (QED) is 0.538. The molecule has 0 aliphatic heterocycles. The number of aromatic nitrogens is 2. The van der Waals surface area contributed by atoms with Gasteiger partial charge in [0.05, 0.1) is 17.2 Å². The fourth-order valence-electron chi connectivity index (χ4n) is 2.89. The van der Waals surface area contributed by atoms with Gasteiger partial charge in [0.15, 0.2) is 5.13 Å². The van der Waals surface area contributed by atoms with Crippen LogP contribution in [-0.4, -0.2) is 26.8 Å². The van der Waals surface area contributed by atoms with Crippen LogP contribution in [0.4, 0.5) is 5.69 Å². The van der Waals surface area contributed by atoms with Crippen LogP contribution in [0.3, 0.4) is 0 Å². The number of carbonyl (C=O) groups is 1. The van der Waals surface area contributed by atoms with Gasteiger partial charge in [0.25, 0.3) is 5.56 Å². The number of thiazole rings is 1. The van der Waals surface area contributed by atoms with Crippen LogP contribution in [0.1, 0.15) is 15.9 Å². The summed E-state index contributed by atoms with van der Waals surface area (Å²) in [4.78, 5) is 32.5. The highest BCUT2D eigenvalue weighted by Gasteiger charge is 2.17. The van der Waals surface area contributed by atoms with Crippen molar-refractivity contribution >= 4 is 40.0 Å². The summed E-state index contributed by atoms with van der Waals surface area (Å²) in [6.45, 7) is 0. The first kappa shape index (κ1) is 17.6. The van der Waals surface area contributed by atoms with Crippen LogP contribution in [0.25, 0.3) is 15.9 Å². The number of carbonyl (C=O) groups excluding carboxylic acids is 1. The van der Waals surface area contributed by atoms with Gasteiger partial charge in [0.1, 0.15) is 0 Å². The number of carboxylic acid groups (broad SMARTS) is 1. The van der Waals surface area contributed by atoms with E-state index in [1.54, 1.807) is 41.8 Å². The number of benzene rings is 2. The van der Waals surface area contributed by atoms with Gasteiger partial charge in [-0.3, -0.25) is 9.79 Å². The summed E-state index contributed by atoms with van der Waals surface area (Å²) in [5, 5.41) is 25.0. The Kier molecular flexibility index (Phi) is 4.46. The van der Waals surface area contributed by atoms with Gasteiger partial charge in [0.2, 0.25) is 5.88 Å². The van der Waals surface area contributed by atoms with E-state index in [0.29, 0.717) is 15.9 Å². The lowest BCUT2D eigenvalue weighted by molar-refractivity contribution is -0.254. The molecule has 4 aromatic rings. The molecule has 2 aromatic carbocycles. The van der Waals surface area contributed by atoms with E-state index in [4.69, 9.17) is 0 Å². The van der Waals surface area contributed by atoms with Crippen molar-refractivity contribution in [2.24, 2.45) is 4.99 Å². The highest BCUT2D eigenvalue weighted by atomic mass is 32.1. The zero-order valence-corrected chi connectivity index (χ0v) is 15.1. The molecule has 138 valence electrons. The van der Waals surface area contributed by atoms with Crippen molar-refractivity contribution in [2.45, 2.75) is 0 Å². The summed E-state index contributed by atoms with van der Waals surface area (Å²) in [6.07, 6.45) is 2.87. The fourth-order valence-corrected chi connectivity index (χ4v) is 3.53. The normalized spacial score (nSPS) is 11.3. The average molecular weight is 390 g/mol. The van der Waals surface area contributed by atoms with Gasteiger partial charge in [0, 0.05) is 34.1 Å². The molecular weight excluding hydrogens is 378 g/mol. The third kappa shape index (κ3) is 2.95. The molecule has 2 aromatic heterocycles. The summed E-state index contributed by atoms with van der Waals surface area (Å²) in [7, 11) is 0. The number of carboxylic acids is 1. The second-order valence-electron chi connectivity index (χ2n) is 5.80. The Morgan fingerprint density at radius 1 is 1.14 bits per heavy atom. The smallest absolute Gasteiger partial charge is 0.267 e. The number of aromatic carboxylic acids is 1. The Labute approximate surface area is 162 Å². The van der Waals surface area contributed by atoms with E-state index in [1.807, 2.05) is 0 Å². The van der Waals surface area contributed by atoms with Crippen LogP contribution in [0.15, 0.2) is 69.9 Å². The molecule has 0 amide bonds. The fraction of sp³-hybridized carbons (Fsp3) is 0. The second-order valence-corrected chi connectivity index (χ2v) is 6.67. The molecule has 0 spiro atoms. The minimum Gasteiger partial charge on any atom is -0.545 e. The number of para-hydroxylation sites is 1. The zero-order valence-electron chi connectivity index (χ0n) is 14.3. The monoisotopic (exact) mass is 390 g/mol. The van der Waals surface area contributed by atoms with Crippen LogP contribution in [-0.2, 0) is 0 Å². The molecule has 0 radical (unpaired) electrons. The summed E-state index contributed by atoms with van der Waals surface area (Å²) < 4.78 is 1.11. The lowest BCUT2D eigenvalue weighted by atomic mass is 10.1. The maximum Gasteiger partial charge on any atom is 0.267 e. The molecule has 8 heteroatoms. The molecular formula is C20H12N3O4S-. The predicted octanol–water partition coefficient (Wildman–Crippen LogP) is 2.27. The summed E-state index contributed by atoms with van der Waals surface area (Å²) >= 11 is 1.20. The van der Waals surface area contributed by atoms with E-state index in [-0.39, 0.29) is 22.7 Å². The SMILES string of the molecule is O=C([O-])c1ccccc1N=Cc1c(O)n(-c2nccs2)c(=O)c2ccccc12. The van der Waals surface area contributed by atoms with Crippen molar-refractivity contribution in [1.29, 1.82) is 0 Å². The number of pyridine rings is 1. The molecule has 4 rings (SSSR count). The van der Waals surface area contributed by atoms with Crippen molar-refractivity contribution in [1.82, 2.24) is 9.55 Å². The second kappa shape index (κ2) is 7.09. The molecule has 0 atom stereocenters. The van der Waals surface area contributed by atoms with Gasteiger partial charge >= 0.3 is 0 Å². The summed E-state index contributed by atoms with van der Waals surface area (Å²) in [5.41, 5.74) is -0.0253. The highest BCUT2D eigenvalue weighted by Crippen LogP contribution is 2.27. The van der Waals surface area contributed by atoms with Gasteiger partial charge in [-0.15, -0.1) is 11.3 Å². The van der Waals surface area contributed by atoms with Gasteiger partial charge in [-0.25, -0.2) is 9.55 Å². The number of nitrogens with zero attached hydrogens (tertiary/aromatic N) is 3. The topological polar surface area (TPSA) is 108 Å². The number of fused-ring (bicyclic) bond motifs is 1.